The third-order valence-electron chi connectivity index (χ3n) is 3.31. The predicted octanol–water partition coefficient (Wildman–Crippen LogP) is 2.92. The first-order valence-corrected chi connectivity index (χ1v) is 7.97. The number of halogens is 1. The minimum absolute atomic E-state index is 0.0310. The maximum Gasteiger partial charge on any atom is 0.342 e. The summed E-state index contributed by atoms with van der Waals surface area (Å²) in [5.41, 5.74) is 12.8. The number of aromatic nitrogens is 1. The van der Waals surface area contributed by atoms with E-state index in [1.807, 2.05) is 0 Å². The Balaban J connectivity index is 2.74. The van der Waals surface area contributed by atoms with Gasteiger partial charge in [0.25, 0.3) is 0 Å². The van der Waals surface area contributed by atoms with E-state index in [4.69, 9.17) is 32.5 Å². The van der Waals surface area contributed by atoms with Gasteiger partial charge >= 0.3 is 11.9 Å². The third kappa shape index (κ3) is 3.83. The number of benzene rings is 1. The van der Waals surface area contributed by atoms with E-state index < -0.39 is 11.9 Å². The lowest BCUT2D eigenvalue weighted by atomic mass is 10.0. The molecule has 2 aromatic rings. The smallest absolute Gasteiger partial charge is 0.342 e. The molecule has 0 aliphatic rings. The van der Waals surface area contributed by atoms with Crippen molar-refractivity contribution < 1.29 is 19.1 Å². The fourth-order valence-corrected chi connectivity index (χ4v) is 2.54. The number of anilines is 2. The van der Waals surface area contributed by atoms with Crippen molar-refractivity contribution in [3.05, 3.63) is 40.5 Å². The number of hydrogen-bond donors (Lipinski definition) is 2. The molecular formula is C17H18ClN3O4. The van der Waals surface area contributed by atoms with Crippen LogP contribution in [0.15, 0.2) is 24.3 Å². The van der Waals surface area contributed by atoms with Crippen molar-refractivity contribution in [2.75, 3.05) is 24.7 Å². The largest absolute Gasteiger partial charge is 0.462 e. The van der Waals surface area contributed by atoms with Crippen LogP contribution in [0, 0.1) is 0 Å². The van der Waals surface area contributed by atoms with Crippen LogP contribution in [0.5, 0.6) is 0 Å². The Hall–Kier alpha value is -2.80. The second-order valence-corrected chi connectivity index (χ2v) is 5.34. The predicted molar refractivity (Wildman–Crippen MR) is 95.4 cm³/mol. The zero-order chi connectivity index (χ0) is 18.6. The van der Waals surface area contributed by atoms with E-state index in [1.54, 1.807) is 38.1 Å². The lowest BCUT2D eigenvalue weighted by molar-refractivity contribution is 0.0479. The number of nitrogen functional groups attached to an aromatic ring is 2. The Morgan fingerprint density at radius 3 is 2.24 bits per heavy atom. The lowest BCUT2D eigenvalue weighted by Gasteiger charge is -2.15. The number of hydrogen-bond acceptors (Lipinski definition) is 7. The van der Waals surface area contributed by atoms with Crippen LogP contribution < -0.4 is 11.5 Å². The molecule has 0 spiro atoms. The van der Waals surface area contributed by atoms with Gasteiger partial charge in [-0.15, -0.1) is 0 Å². The zero-order valence-corrected chi connectivity index (χ0v) is 14.6. The van der Waals surface area contributed by atoms with E-state index in [-0.39, 0.29) is 40.9 Å². The van der Waals surface area contributed by atoms with Gasteiger partial charge in [0.2, 0.25) is 0 Å². The normalized spacial score (nSPS) is 10.4. The maximum atomic E-state index is 12.4. The molecule has 1 aromatic carbocycles. The Kier molecular flexibility index (Phi) is 5.82. The molecule has 0 aliphatic carbocycles. The number of esters is 2. The summed E-state index contributed by atoms with van der Waals surface area (Å²) in [5.74, 6) is -1.58. The summed E-state index contributed by atoms with van der Waals surface area (Å²) in [7, 11) is 0. The van der Waals surface area contributed by atoms with Gasteiger partial charge in [0.15, 0.2) is 0 Å². The van der Waals surface area contributed by atoms with Crippen LogP contribution in [0.3, 0.4) is 0 Å². The van der Waals surface area contributed by atoms with Gasteiger partial charge in [-0.2, -0.15) is 0 Å². The van der Waals surface area contributed by atoms with Crippen LogP contribution >= 0.6 is 11.6 Å². The van der Waals surface area contributed by atoms with Crippen LogP contribution in [-0.2, 0) is 9.47 Å². The van der Waals surface area contributed by atoms with Crippen LogP contribution in [0.1, 0.15) is 34.6 Å². The van der Waals surface area contributed by atoms with Gasteiger partial charge in [-0.25, -0.2) is 14.6 Å². The molecule has 132 valence electrons. The summed E-state index contributed by atoms with van der Waals surface area (Å²) >= 11 is 6.16. The number of carbonyl (C=O) groups excluding carboxylic acids is 2. The number of rotatable bonds is 5. The van der Waals surface area contributed by atoms with E-state index in [0.717, 1.165) is 0 Å². The minimum atomic E-state index is -0.797. The number of ether oxygens (including phenoxy) is 2. The topological polar surface area (TPSA) is 118 Å². The summed E-state index contributed by atoms with van der Waals surface area (Å²) in [4.78, 5) is 28.8. The van der Waals surface area contributed by atoms with Crippen LogP contribution in [0.25, 0.3) is 11.3 Å². The number of nitrogens with two attached hydrogens (primary N) is 2. The monoisotopic (exact) mass is 363 g/mol. The summed E-state index contributed by atoms with van der Waals surface area (Å²) in [5, 5.41) is -0.201. The van der Waals surface area contributed by atoms with E-state index in [0.29, 0.717) is 11.3 Å². The molecule has 0 fully saturated rings. The molecule has 0 unspecified atom stereocenters. The molecule has 0 radical (unpaired) electrons. The highest BCUT2D eigenvalue weighted by Crippen LogP contribution is 2.34. The van der Waals surface area contributed by atoms with E-state index >= 15 is 0 Å². The Morgan fingerprint density at radius 2 is 1.68 bits per heavy atom. The third-order valence-corrected chi connectivity index (χ3v) is 3.58. The molecule has 1 heterocycles. The minimum Gasteiger partial charge on any atom is -0.462 e. The number of nitrogens with zero attached hydrogens (tertiary/aromatic N) is 1. The van der Waals surface area contributed by atoms with Gasteiger partial charge in [-0.1, -0.05) is 23.7 Å². The molecule has 7 nitrogen and oxygen atoms in total. The number of carbonyl (C=O) groups is 2. The van der Waals surface area contributed by atoms with Gasteiger partial charge < -0.3 is 20.9 Å². The van der Waals surface area contributed by atoms with Gasteiger partial charge in [0, 0.05) is 11.3 Å². The zero-order valence-electron chi connectivity index (χ0n) is 13.8. The molecule has 0 aliphatic heterocycles. The quantitative estimate of drug-likeness (QED) is 0.476. The highest BCUT2D eigenvalue weighted by Gasteiger charge is 2.29. The Morgan fingerprint density at radius 1 is 1.08 bits per heavy atom. The van der Waals surface area contributed by atoms with Gasteiger partial charge in [-0.05, 0) is 26.0 Å². The first-order chi connectivity index (χ1) is 11.9. The van der Waals surface area contributed by atoms with Crippen molar-refractivity contribution in [1.29, 1.82) is 0 Å². The Bertz CT molecular complexity index is 824. The molecule has 8 heteroatoms. The summed E-state index contributed by atoms with van der Waals surface area (Å²) < 4.78 is 9.96. The van der Waals surface area contributed by atoms with E-state index in [2.05, 4.69) is 4.98 Å². The van der Waals surface area contributed by atoms with Crippen LogP contribution in [0.4, 0.5) is 11.4 Å². The van der Waals surface area contributed by atoms with Crippen molar-refractivity contribution in [2.45, 2.75) is 13.8 Å². The van der Waals surface area contributed by atoms with Crippen molar-refractivity contribution in [3.63, 3.8) is 0 Å². The van der Waals surface area contributed by atoms with Crippen molar-refractivity contribution in [2.24, 2.45) is 0 Å². The average Bonchev–Trinajstić information content (AvgIpc) is 2.56. The maximum absolute atomic E-state index is 12.4. The fourth-order valence-electron chi connectivity index (χ4n) is 2.28. The molecule has 0 amide bonds. The van der Waals surface area contributed by atoms with Crippen molar-refractivity contribution >= 4 is 34.9 Å². The highest BCUT2D eigenvalue weighted by molar-refractivity contribution is 6.34. The van der Waals surface area contributed by atoms with Crippen molar-refractivity contribution in [1.82, 2.24) is 4.98 Å². The first kappa shape index (κ1) is 18.5. The second kappa shape index (κ2) is 7.85. The van der Waals surface area contributed by atoms with E-state index in [9.17, 15) is 9.59 Å². The molecule has 0 saturated carbocycles. The highest BCUT2D eigenvalue weighted by atomic mass is 35.5. The van der Waals surface area contributed by atoms with Gasteiger partial charge in [0.1, 0.15) is 16.3 Å². The molecule has 25 heavy (non-hydrogen) atoms. The second-order valence-electron chi connectivity index (χ2n) is 4.98. The van der Waals surface area contributed by atoms with Crippen LogP contribution in [-0.4, -0.2) is 30.1 Å². The summed E-state index contributed by atoms with van der Waals surface area (Å²) in [6.07, 6.45) is 0. The average molecular weight is 364 g/mol. The van der Waals surface area contributed by atoms with Gasteiger partial charge in [-0.3, -0.25) is 0 Å². The molecule has 0 atom stereocenters. The Labute approximate surface area is 149 Å². The van der Waals surface area contributed by atoms with Crippen LogP contribution in [0.2, 0.25) is 5.15 Å². The molecule has 1 aromatic heterocycles. The first-order valence-electron chi connectivity index (χ1n) is 7.59. The fraction of sp³-hybridized carbons (Fsp3) is 0.235. The molecule has 2 rings (SSSR count). The van der Waals surface area contributed by atoms with E-state index in [1.165, 1.54) is 0 Å². The number of pyridine rings is 1. The molecule has 4 N–H and O–H groups in total. The van der Waals surface area contributed by atoms with Gasteiger partial charge in [0.05, 0.1) is 24.6 Å². The van der Waals surface area contributed by atoms with Crippen molar-refractivity contribution in [3.8, 4) is 11.3 Å². The summed E-state index contributed by atoms with van der Waals surface area (Å²) in [6.45, 7) is 3.48. The molecule has 0 saturated heterocycles. The molecule has 0 bridgehead atoms. The molecular weight excluding hydrogens is 346 g/mol. The standard InChI is InChI=1S/C17H18ClN3O4/c1-3-24-16(22)11-12(17(23)25-4-2)15(18)21-14(13(11)20)9-6-5-7-10(19)8-9/h5-8H,3-4,19-20H2,1-2H3. The summed E-state index contributed by atoms with van der Waals surface area (Å²) in [6, 6.07) is 6.75. The SMILES string of the molecule is CCOC(=O)c1c(Cl)nc(-c2cccc(N)c2)c(N)c1C(=O)OCC. The lowest BCUT2D eigenvalue weighted by Crippen LogP contribution is -2.18.